The highest BCUT2D eigenvalue weighted by atomic mass is 16.5. The molecule has 0 amide bonds. The number of rotatable bonds is 4. The minimum Gasteiger partial charge on any atom is -0.496 e. The van der Waals surface area contributed by atoms with Crippen molar-refractivity contribution in [2.45, 2.75) is 13.0 Å². The predicted octanol–water partition coefficient (Wildman–Crippen LogP) is 3.38. The van der Waals surface area contributed by atoms with E-state index in [2.05, 4.69) is 6.07 Å². The Bertz CT molecular complexity index is 645. The second kappa shape index (κ2) is 6.09. The number of para-hydroxylation sites is 1. The Morgan fingerprint density at radius 1 is 1.05 bits per heavy atom. The molecule has 0 heterocycles. The van der Waals surface area contributed by atoms with Crippen molar-refractivity contribution in [3.05, 3.63) is 53.6 Å². The fraction of sp³-hybridized carbons (Fsp3) is 0.188. The van der Waals surface area contributed by atoms with Crippen molar-refractivity contribution in [3.8, 4) is 23.3 Å². The van der Waals surface area contributed by atoms with Crippen LogP contribution in [0.15, 0.2) is 42.5 Å². The molecule has 4 nitrogen and oxygen atoms in total. The van der Waals surface area contributed by atoms with Gasteiger partial charge in [-0.05, 0) is 31.2 Å². The second-order valence-electron chi connectivity index (χ2n) is 4.37. The van der Waals surface area contributed by atoms with E-state index in [-0.39, 0.29) is 6.04 Å². The number of nitriles is 1. The smallest absolute Gasteiger partial charge is 0.145 e. The Balaban J connectivity index is 2.46. The minimum atomic E-state index is -0.240. The highest BCUT2D eigenvalue weighted by Crippen LogP contribution is 2.36. The molecule has 0 aliphatic carbocycles. The number of methoxy groups -OCH3 is 1. The summed E-state index contributed by atoms with van der Waals surface area (Å²) in [5.74, 6) is 1.78. The maximum absolute atomic E-state index is 9.10. The van der Waals surface area contributed by atoms with Gasteiger partial charge in [0, 0.05) is 6.04 Å². The lowest BCUT2D eigenvalue weighted by atomic mass is 10.1. The minimum absolute atomic E-state index is 0.240. The quantitative estimate of drug-likeness (QED) is 0.923. The molecular formula is C16H16N2O2. The first-order valence-electron chi connectivity index (χ1n) is 6.26. The molecule has 1 atom stereocenters. The van der Waals surface area contributed by atoms with Gasteiger partial charge in [0.25, 0.3) is 0 Å². The number of nitrogens with two attached hydrogens (primary N) is 1. The second-order valence-corrected chi connectivity index (χ2v) is 4.37. The maximum Gasteiger partial charge on any atom is 0.145 e. The molecule has 0 unspecified atom stereocenters. The van der Waals surface area contributed by atoms with Crippen LogP contribution in [0.1, 0.15) is 24.1 Å². The van der Waals surface area contributed by atoms with Gasteiger partial charge >= 0.3 is 0 Å². The van der Waals surface area contributed by atoms with Gasteiger partial charge in [-0.2, -0.15) is 5.26 Å². The van der Waals surface area contributed by atoms with Crippen molar-refractivity contribution in [1.29, 1.82) is 5.26 Å². The van der Waals surface area contributed by atoms with Gasteiger partial charge in [-0.3, -0.25) is 0 Å². The van der Waals surface area contributed by atoms with Crippen molar-refractivity contribution in [1.82, 2.24) is 0 Å². The van der Waals surface area contributed by atoms with Crippen LogP contribution < -0.4 is 15.2 Å². The summed E-state index contributed by atoms with van der Waals surface area (Å²) in [6.07, 6.45) is 0. The van der Waals surface area contributed by atoms with E-state index >= 15 is 0 Å². The largest absolute Gasteiger partial charge is 0.496 e. The zero-order valence-corrected chi connectivity index (χ0v) is 11.5. The first-order valence-corrected chi connectivity index (χ1v) is 6.26. The molecule has 0 spiro atoms. The third-order valence-electron chi connectivity index (χ3n) is 2.93. The first-order chi connectivity index (χ1) is 9.67. The molecule has 0 saturated carbocycles. The Labute approximate surface area is 118 Å². The molecule has 20 heavy (non-hydrogen) atoms. The van der Waals surface area contributed by atoms with E-state index < -0.39 is 0 Å². The van der Waals surface area contributed by atoms with E-state index in [4.69, 9.17) is 20.5 Å². The molecule has 2 rings (SSSR count). The van der Waals surface area contributed by atoms with Crippen LogP contribution in [0.25, 0.3) is 0 Å². The molecule has 0 aliphatic rings. The summed E-state index contributed by atoms with van der Waals surface area (Å²) in [6.45, 7) is 1.86. The lowest BCUT2D eigenvalue weighted by molar-refractivity contribution is 0.397. The number of hydrogen-bond acceptors (Lipinski definition) is 4. The van der Waals surface area contributed by atoms with Gasteiger partial charge in [0.05, 0.1) is 18.2 Å². The average Bonchev–Trinajstić information content (AvgIpc) is 2.47. The zero-order valence-electron chi connectivity index (χ0n) is 11.5. The Morgan fingerprint density at radius 2 is 1.70 bits per heavy atom. The van der Waals surface area contributed by atoms with Gasteiger partial charge in [-0.15, -0.1) is 0 Å². The van der Waals surface area contributed by atoms with Gasteiger partial charge < -0.3 is 15.2 Å². The highest BCUT2D eigenvalue weighted by molar-refractivity contribution is 5.51. The van der Waals surface area contributed by atoms with Gasteiger partial charge in [0.15, 0.2) is 0 Å². The summed E-state index contributed by atoms with van der Waals surface area (Å²) in [5.41, 5.74) is 7.25. The third-order valence-corrected chi connectivity index (χ3v) is 2.93. The van der Waals surface area contributed by atoms with E-state index in [1.165, 1.54) is 0 Å². The molecule has 0 aliphatic heterocycles. The summed E-state index contributed by atoms with van der Waals surface area (Å²) in [5, 5.41) is 9.10. The number of nitrogens with zero attached hydrogens (tertiary/aromatic N) is 1. The van der Waals surface area contributed by atoms with Gasteiger partial charge in [-0.1, -0.05) is 18.2 Å². The molecule has 0 radical (unpaired) electrons. The predicted molar refractivity (Wildman–Crippen MR) is 76.8 cm³/mol. The first kappa shape index (κ1) is 13.9. The molecule has 0 fully saturated rings. The van der Waals surface area contributed by atoms with Gasteiger partial charge in [0.2, 0.25) is 0 Å². The number of ether oxygens (including phenoxy) is 2. The summed E-state index contributed by atoms with van der Waals surface area (Å²) >= 11 is 0. The van der Waals surface area contributed by atoms with Crippen molar-refractivity contribution in [2.24, 2.45) is 5.73 Å². The number of benzene rings is 2. The van der Waals surface area contributed by atoms with E-state index in [1.807, 2.05) is 31.2 Å². The van der Waals surface area contributed by atoms with E-state index in [0.29, 0.717) is 22.8 Å². The van der Waals surface area contributed by atoms with Crippen molar-refractivity contribution < 1.29 is 9.47 Å². The molecular weight excluding hydrogens is 252 g/mol. The standard InChI is InChI=1S/C16H16N2O2/c1-11(18)16-14(19-2)8-5-9-15(16)20-13-7-4-3-6-12(13)10-17/h3-9,11H,18H2,1-2H3/t11-/m0/s1. The fourth-order valence-electron chi connectivity index (χ4n) is 2.01. The van der Waals surface area contributed by atoms with Crippen LogP contribution in [0.4, 0.5) is 0 Å². The van der Waals surface area contributed by atoms with Crippen molar-refractivity contribution >= 4 is 0 Å². The monoisotopic (exact) mass is 268 g/mol. The fourth-order valence-corrected chi connectivity index (χ4v) is 2.01. The Morgan fingerprint density at radius 3 is 2.35 bits per heavy atom. The summed E-state index contributed by atoms with van der Waals surface area (Å²) in [6, 6.07) is 14.4. The van der Waals surface area contributed by atoms with E-state index in [9.17, 15) is 0 Å². The normalized spacial score (nSPS) is 11.5. The summed E-state index contributed by atoms with van der Waals surface area (Å²) < 4.78 is 11.2. The molecule has 4 heteroatoms. The SMILES string of the molecule is COc1cccc(Oc2ccccc2C#N)c1[C@H](C)N. The number of hydrogen-bond donors (Lipinski definition) is 1. The molecule has 0 aromatic heterocycles. The van der Waals surface area contributed by atoms with Crippen LogP contribution in [0.2, 0.25) is 0 Å². The highest BCUT2D eigenvalue weighted by Gasteiger charge is 2.15. The summed E-state index contributed by atoms with van der Waals surface area (Å²) in [7, 11) is 1.59. The van der Waals surface area contributed by atoms with Crippen LogP contribution in [0, 0.1) is 11.3 Å². The van der Waals surface area contributed by atoms with Gasteiger partial charge in [-0.25, -0.2) is 0 Å². The van der Waals surface area contributed by atoms with Crippen molar-refractivity contribution in [3.63, 3.8) is 0 Å². The summed E-state index contributed by atoms with van der Waals surface area (Å²) in [4.78, 5) is 0. The third kappa shape index (κ3) is 2.73. The topological polar surface area (TPSA) is 68.3 Å². The zero-order chi connectivity index (χ0) is 14.5. The van der Waals surface area contributed by atoms with Crippen LogP contribution in [-0.2, 0) is 0 Å². The molecule has 2 N–H and O–H groups in total. The Kier molecular flexibility index (Phi) is 4.24. The van der Waals surface area contributed by atoms with Crippen LogP contribution >= 0.6 is 0 Å². The lowest BCUT2D eigenvalue weighted by Crippen LogP contribution is -2.08. The van der Waals surface area contributed by atoms with E-state index in [1.54, 1.807) is 25.3 Å². The van der Waals surface area contributed by atoms with Crippen LogP contribution in [0.5, 0.6) is 17.2 Å². The maximum atomic E-state index is 9.10. The lowest BCUT2D eigenvalue weighted by Gasteiger charge is -2.17. The van der Waals surface area contributed by atoms with Crippen LogP contribution in [-0.4, -0.2) is 7.11 Å². The molecule has 0 bridgehead atoms. The van der Waals surface area contributed by atoms with Crippen molar-refractivity contribution in [2.75, 3.05) is 7.11 Å². The van der Waals surface area contributed by atoms with Crippen LogP contribution in [0.3, 0.4) is 0 Å². The van der Waals surface area contributed by atoms with Gasteiger partial charge in [0.1, 0.15) is 23.3 Å². The molecule has 102 valence electrons. The van der Waals surface area contributed by atoms with E-state index in [0.717, 1.165) is 5.56 Å². The molecule has 2 aromatic carbocycles. The Hall–Kier alpha value is -2.51. The molecule has 2 aromatic rings. The average molecular weight is 268 g/mol. The molecule has 0 saturated heterocycles.